The van der Waals surface area contributed by atoms with Crippen molar-refractivity contribution in [3.63, 3.8) is 0 Å². The van der Waals surface area contributed by atoms with E-state index in [1.54, 1.807) is 56.5 Å². The monoisotopic (exact) mass is 421 g/mol. The fourth-order valence-corrected chi connectivity index (χ4v) is 3.41. The van der Waals surface area contributed by atoms with Gasteiger partial charge < -0.3 is 14.2 Å². The van der Waals surface area contributed by atoms with Gasteiger partial charge in [-0.3, -0.25) is 9.36 Å². The lowest BCUT2D eigenvalue weighted by Crippen LogP contribution is -2.15. The van der Waals surface area contributed by atoms with Crippen LogP contribution in [-0.2, 0) is 4.74 Å². The molecule has 0 radical (unpaired) electrons. The highest BCUT2D eigenvalue weighted by Crippen LogP contribution is 2.31. The summed E-state index contributed by atoms with van der Waals surface area (Å²) in [6, 6.07) is 12.3. The first-order valence-electron chi connectivity index (χ1n) is 10.3. The Morgan fingerprint density at radius 1 is 1.10 bits per heavy atom. The molecular weight excluding hydrogens is 394 g/mol. The van der Waals surface area contributed by atoms with Crippen molar-refractivity contribution in [3.8, 4) is 11.5 Å². The lowest BCUT2D eigenvalue weighted by molar-refractivity contribution is 0.0551. The number of rotatable bonds is 9. The summed E-state index contributed by atoms with van der Waals surface area (Å²) in [4.78, 5) is 26.1. The number of esters is 1. The fourth-order valence-electron chi connectivity index (χ4n) is 3.41. The molecule has 0 saturated heterocycles. The van der Waals surface area contributed by atoms with Gasteiger partial charge in [0.25, 0.3) is 5.91 Å². The first kappa shape index (κ1) is 22.2. The second-order valence-corrected chi connectivity index (χ2v) is 7.10. The Morgan fingerprint density at radius 2 is 1.81 bits per heavy atom. The lowest BCUT2D eigenvalue weighted by Gasteiger charge is -2.09. The van der Waals surface area contributed by atoms with Crippen LogP contribution in [0.5, 0.6) is 11.5 Å². The van der Waals surface area contributed by atoms with E-state index in [1.165, 1.54) is 10.6 Å². The standard InChI is InChI=1S/C25H27NO5/c1-5-7-15-30-19-10-8-18(9-11-19)24(27)26-17(3)23(25(28)31-14-6-2)21-16-20(29-4)12-13-22(21)26/h6,8-13,16H,2,5,7,14-15H2,1,3-4H3. The van der Waals surface area contributed by atoms with Gasteiger partial charge in [-0.2, -0.15) is 0 Å². The maximum Gasteiger partial charge on any atom is 0.340 e. The number of aromatic nitrogens is 1. The van der Waals surface area contributed by atoms with E-state index in [2.05, 4.69) is 13.5 Å². The highest BCUT2D eigenvalue weighted by atomic mass is 16.5. The van der Waals surface area contributed by atoms with E-state index in [-0.39, 0.29) is 12.5 Å². The van der Waals surface area contributed by atoms with E-state index in [0.717, 1.165) is 18.6 Å². The van der Waals surface area contributed by atoms with Crippen molar-refractivity contribution in [2.24, 2.45) is 0 Å². The highest BCUT2D eigenvalue weighted by Gasteiger charge is 2.25. The number of methoxy groups -OCH3 is 1. The van der Waals surface area contributed by atoms with Crippen molar-refractivity contribution in [1.29, 1.82) is 0 Å². The summed E-state index contributed by atoms with van der Waals surface area (Å²) in [5, 5.41) is 0.596. The van der Waals surface area contributed by atoms with E-state index in [9.17, 15) is 9.59 Å². The molecular formula is C25H27NO5. The molecule has 0 amide bonds. The van der Waals surface area contributed by atoms with E-state index < -0.39 is 5.97 Å². The van der Waals surface area contributed by atoms with Gasteiger partial charge in [-0.05, 0) is 55.8 Å². The van der Waals surface area contributed by atoms with Crippen molar-refractivity contribution in [2.45, 2.75) is 26.7 Å². The van der Waals surface area contributed by atoms with Crippen molar-refractivity contribution < 1.29 is 23.8 Å². The van der Waals surface area contributed by atoms with E-state index in [0.29, 0.717) is 40.1 Å². The van der Waals surface area contributed by atoms with Crippen LogP contribution >= 0.6 is 0 Å². The summed E-state index contributed by atoms with van der Waals surface area (Å²) >= 11 is 0. The third kappa shape index (κ3) is 4.63. The lowest BCUT2D eigenvalue weighted by atomic mass is 10.1. The van der Waals surface area contributed by atoms with Gasteiger partial charge in [-0.25, -0.2) is 4.79 Å². The van der Waals surface area contributed by atoms with Crippen LogP contribution < -0.4 is 9.47 Å². The Hall–Kier alpha value is -3.54. The molecule has 0 aliphatic carbocycles. The molecule has 3 aromatic rings. The average Bonchev–Trinajstić information content (AvgIpc) is 3.08. The van der Waals surface area contributed by atoms with Gasteiger partial charge in [-0.1, -0.05) is 26.0 Å². The molecule has 0 aliphatic heterocycles. The summed E-state index contributed by atoms with van der Waals surface area (Å²) in [6.07, 6.45) is 3.53. The van der Waals surface area contributed by atoms with E-state index in [4.69, 9.17) is 14.2 Å². The number of fused-ring (bicyclic) bond motifs is 1. The largest absolute Gasteiger partial charge is 0.497 e. The summed E-state index contributed by atoms with van der Waals surface area (Å²) < 4.78 is 17.8. The average molecular weight is 421 g/mol. The molecule has 0 bridgehead atoms. The van der Waals surface area contributed by atoms with Gasteiger partial charge in [0.2, 0.25) is 0 Å². The Bertz CT molecular complexity index is 1100. The number of ether oxygens (including phenoxy) is 3. The maximum atomic E-state index is 13.4. The summed E-state index contributed by atoms with van der Waals surface area (Å²) in [5.74, 6) is 0.554. The fraction of sp³-hybridized carbons (Fsp3) is 0.280. The van der Waals surface area contributed by atoms with Crippen LogP contribution in [0, 0.1) is 6.92 Å². The van der Waals surface area contributed by atoms with Crippen LogP contribution in [0.1, 0.15) is 46.2 Å². The predicted molar refractivity (Wildman–Crippen MR) is 120 cm³/mol. The second-order valence-electron chi connectivity index (χ2n) is 7.10. The predicted octanol–water partition coefficient (Wildman–Crippen LogP) is 5.17. The summed E-state index contributed by atoms with van der Waals surface area (Å²) in [6.45, 7) is 8.14. The number of carbonyl (C=O) groups excluding carboxylic acids is 2. The summed E-state index contributed by atoms with van der Waals surface area (Å²) in [7, 11) is 1.55. The molecule has 0 N–H and O–H groups in total. The first-order chi connectivity index (χ1) is 15.0. The molecule has 6 heteroatoms. The Labute approximate surface area is 182 Å². The van der Waals surface area contributed by atoms with Crippen LogP contribution in [0.25, 0.3) is 10.9 Å². The third-order valence-electron chi connectivity index (χ3n) is 5.02. The van der Waals surface area contributed by atoms with E-state index in [1.807, 2.05) is 0 Å². The van der Waals surface area contributed by atoms with Crippen LogP contribution in [0.15, 0.2) is 55.1 Å². The smallest absolute Gasteiger partial charge is 0.340 e. The first-order valence-corrected chi connectivity index (χ1v) is 10.3. The molecule has 0 atom stereocenters. The molecule has 31 heavy (non-hydrogen) atoms. The van der Waals surface area contributed by atoms with Crippen LogP contribution in [0.4, 0.5) is 0 Å². The number of nitrogens with zero attached hydrogens (tertiary/aromatic N) is 1. The molecule has 1 heterocycles. The van der Waals surface area contributed by atoms with Gasteiger partial charge in [-0.15, -0.1) is 0 Å². The third-order valence-corrected chi connectivity index (χ3v) is 5.02. The van der Waals surface area contributed by atoms with Gasteiger partial charge >= 0.3 is 5.97 Å². The van der Waals surface area contributed by atoms with Crippen LogP contribution in [-0.4, -0.2) is 36.8 Å². The Morgan fingerprint density at radius 3 is 2.45 bits per heavy atom. The molecule has 0 saturated carbocycles. The minimum Gasteiger partial charge on any atom is -0.497 e. The summed E-state index contributed by atoms with van der Waals surface area (Å²) in [5.41, 5.74) is 1.94. The van der Waals surface area contributed by atoms with Gasteiger partial charge in [0.1, 0.15) is 18.1 Å². The molecule has 2 aromatic carbocycles. The molecule has 3 rings (SSSR count). The van der Waals surface area contributed by atoms with Crippen molar-refractivity contribution in [3.05, 3.63) is 71.9 Å². The van der Waals surface area contributed by atoms with Gasteiger partial charge in [0.05, 0.1) is 24.8 Å². The van der Waals surface area contributed by atoms with Crippen molar-refractivity contribution in [1.82, 2.24) is 4.57 Å². The molecule has 0 unspecified atom stereocenters. The molecule has 6 nitrogen and oxygen atoms in total. The molecule has 0 spiro atoms. The van der Waals surface area contributed by atoms with Crippen molar-refractivity contribution in [2.75, 3.05) is 20.3 Å². The van der Waals surface area contributed by atoms with Crippen molar-refractivity contribution >= 4 is 22.8 Å². The molecule has 0 aliphatic rings. The molecule has 0 fully saturated rings. The number of benzene rings is 2. The normalized spacial score (nSPS) is 10.7. The van der Waals surface area contributed by atoms with E-state index >= 15 is 0 Å². The Balaban J connectivity index is 2.03. The minimum atomic E-state index is -0.512. The Kier molecular flexibility index (Phi) is 7.13. The van der Waals surface area contributed by atoms with Crippen LogP contribution in [0.3, 0.4) is 0 Å². The zero-order chi connectivity index (χ0) is 22.4. The second kappa shape index (κ2) is 9.98. The topological polar surface area (TPSA) is 66.8 Å². The maximum absolute atomic E-state index is 13.4. The SMILES string of the molecule is C=CCOC(=O)c1c(C)n(C(=O)c2ccc(OCCCC)cc2)c2ccc(OC)cc12. The minimum absolute atomic E-state index is 0.0857. The van der Waals surface area contributed by atoms with Crippen LogP contribution in [0.2, 0.25) is 0 Å². The van der Waals surface area contributed by atoms with Gasteiger partial charge in [0, 0.05) is 16.6 Å². The number of unbranched alkanes of at least 4 members (excludes halogenated alkanes) is 1. The molecule has 162 valence electrons. The zero-order valence-electron chi connectivity index (χ0n) is 18.1. The zero-order valence-corrected chi connectivity index (χ0v) is 18.1. The number of carbonyl (C=O) groups is 2. The number of hydrogen-bond acceptors (Lipinski definition) is 5. The van der Waals surface area contributed by atoms with Gasteiger partial charge in [0.15, 0.2) is 0 Å². The number of hydrogen-bond donors (Lipinski definition) is 0. The molecule has 1 aromatic heterocycles. The highest BCUT2D eigenvalue weighted by molar-refractivity contribution is 6.11. The quantitative estimate of drug-likeness (QED) is 0.271.